The van der Waals surface area contributed by atoms with Crippen LogP contribution in [0.5, 0.6) is 0 Å². The van der Waals surface area contributed by atoms with Crippen LogP contribution in [0.1, 0.15) is 0 Å². The molecule has 5 aromatic rings. The average Bonchev–Trinajstić information content (AvgIpc) is 2.75. The van der Waals surface area contributed by atoms with E-state index >= 15 is 0 Å². The van der Waals surface area contributed by atoms with E-state index in [-0.39, 0.29) is 10.8 Å². The molecule has 0 unspecified atom stereocenters. The van der Waals surface area contributed by atoms with Crippen molar-refractivity contribution >= 4 is 43.2 Å². The van der Waals surface area contributed by atoms with E-state index in [1.807, 2.05) is 12.1 Å². The summed E-state index contributed by atoms with van der Waals surface area (Å²) < 4.78 is 15.6. The standard InChI is InChI=1S/C23H12ClFN2O2S/c24-14-7-5-13(6-8-14)21-26-22-19(20(28)17-3-1-2-4-18(17)30-22)23(29)27(21)16-11-9-15(25)10-12-16/h1-12H. The van der Waals surface area contributed by atoms with Crippen LogP contribution in [0.4, 0.5) is 4.39 Å². The van der Waals surface area contributed by atoms with E-state index in [0.717, 1.165) is 4.70 Å². The Labute approximate surface area is 178 Å². The van der Waals surface area contributed by atoms with Crippen molar-refractivity contribution in [1.29, 1.82) is 0 Å². The lowest BCUT2D eigenvalue weighted by Gasteiger charge is -2.14. The monoisotopic (exact) mass is 434 g/mol. The molecule has 0 aliphatic rings. The molecule has 0 aliphatic carbocycles. The van der Waals surface area contributed by atoms with Crippen LogP contribution in [0.15, 0.2) is 82.4 Å². The Balaban J connectivity index is 1.95. The number of halogens is 2. The summed E-state index contributed by atoms with van der Waals surface area (Å²) in [6, 6.07) is 19.5. The van der Waals surface area contributed by atoms with E-state index in [4.69, 9.17) is 16.6 Å². The maximum atomic E-state index is 13.5. The van der Waals surface area contributed by atoms with E-state index in [1.54, 1.807) is 36.4 Å². The lowest BCUT2D eigenvalue weighted by Crippen LogP contribution is -2.26. The first kappa shape index (κ1) is 18.7. The van der Waals surface area contributed by atoms with Crippen molar-refractivity contribution in [3.05, 3.63) is 104 Å². The number of hydrogen-bond donors (Lipinski definition) is 0. The van der Waals surface area contributed by atoms with Crippen LogP contribution in [-0.2, 0) is 0 Å². The van der Waals surface area contributed by atoms with Crippen molar-refractivity contribution in [2.24, 2.45) is 0 Å². The number of hydrogen-bond acceptors (Lipinski definition) is 4. The Kier molecular flexibility index (Phi) is 4.46. The molecule has 146 valence electrons. The van der Waals surface area contributed by atoms with Gasteiger partial charge < -0.3 is 0 Å². The predicted molar refractivity (Wildman–Crippen MR) is 119 cm³/mol. The van der Waals surface area contributed by atoms with E-state index in [1.165, 1.54) is 40.2 Å². The van der Waals surface area contributed by atoms with Crippen molar-refractivity contribution in [3.8, 4) is 17.1 Å². The number of aromatic nitrogens is 2. The molecule has 0 bridgehead atoms. The number of fused-ring (bicyclic) bond motifs is 2. The quantitative estimate of drug-likeness (QED) is 0.348. The van der Waals surface area contributed by atoms with Crippen molar-refractivity contribution in [1.82, 2.24) is 9.55 Å². The summed E-state index contributed by atoms with van der Waals surface area (Å²) in [4.78, 5) is 31.7. The third-order valence-electron chi connectivity index (χ3n) is 4.80. The molecule has 5 rings (SSSR count). The minimum absolute atomic E-state index is 0.0146. The van der Waals surface area contributed by atoms with Gasteiger partial charge in [-0.2, -0.15) is 0 Å². The van der Waals surface area contributed by atoms with Gasteiger partial charge in [0.1, 0.15) is 21.9 Å². The van der Waals surface area contributed by atoms with Crippen LogP contribution in [0.2, 0.25) is 5.02 Å². The van der Waals surface area contributed by atoms with E-state index in [2.05, 4.69) is 0 Å². The maximum Gasteiger partial charge on any atom is 0.271 e. The summed E-state index contributed by atoms with van der Waals surface area (Å²) in [6.45, 7) is 0. The summed E-state index contributed by atoms with van der Waals surface area (Å²) >= 11 is 7.30. The van der Waals surface area contributed by atoms with Gasteiger partial charge in [-0.15, -0.1) is 11.3 Å². The first-order chi connectivity index (χ1) is 14.5. The van der Waals surface area contributed by atoms with E-state index in [9.17, 15) is 14.0 Å². The van der Waals surface area contributed by atoms with Gasteiger partial charge in [0.15, 0.2) is 0 Å². The van der Waals surface area contributed by atoms with Crippen LogP contribution in [0.3, 0.4) is 0 Å². The summed E-state index contributed by atoms with van der Waals surface area (Å²) in [6.07, 6.45) is 0. The van der Waals surface area contributed by atoms with Gasteiger partial charge in [0, 0.05) is 20.7 Å². The highest BCUT2D eigenvalue weighted by molar-refractivity contribution is 7.24. The van der Waals surface area contributed by atoms with Gasteiger partial charge in [-0.1, -0.05) is 23.7 Å². The fourth-order valence-electron chi connectivity index (χ4n) is 3.37. The number of rotatable bonds is 2. The molecule has 0 atom stereocenters. The van der Waals surface area contributed by atoms with Gasteiger partial charge in [0.2, 0.25) is 5.43 Å². The van der Waals surface area contributed by atoms with Gasteiger partial charge in [0.25, 0.3) is 5.56 Å². The smallest absolute Gasteiger partial charge is 0.271 e. The van der Waals surface area contributed by atoms with Crippen molar-refractivity contribution in [3.63, 3.8) is 0 Å². The Morgan fingerprint density at radius 1 is 0.900 bits per heavy atom. The fraction of sp³-hybridized carbons (Fsp3) is 0. The molecular formula is C23H12ClFN2O2S. The van der Waals surface area contributed by atoms with Crippen LogP contribution in [0.25, 0.3) is 37.4 Å². The zero-order valence-electron chi connectivity index (χ0n) is 15.3. The van der Waals surface area contributed by atoms with Gasteiger partial charge in [-0.25, -0.2) is 9.37 Å². The first-order valence-corrected chi connectivity index (χ1v) is 10.2. The van der Waals surface area contributed by atoms with Gasteiger partial charge in [0.05, 0.1) is 5.69 Å². The van der Waals surface area contributed by atoms with Crippen LogP contribution >= 0.6 is 22.9 Å². The molecule has 0 saturated carbocycles. The van der Waals surface area contributed by atoms with Gasteiger partial charge in [-0.05, 0) is 60.7 Å². The SMILES string of the molecule is O=c1c2ccccc2sc2nc(-c3ccc(Cl)cc3)n(-c3ccc(F)cc3)c(=O)c12. The number of nitrogens with zero attached hydrogens (tertiary/aromatic N) is 2. The predicted octanol–water partition coefficient (Wildman–Crippen LogP) is 5.42. The molecular weight excluding hydrogens is 423 g/mol. The molecule has 0 N–H and O–H groups in total. The minimum Gasteiger partial charge on any atom is -0.288 e. The molecule has 7 heteroatoms. The molecule has 4 nitrogen and oxygen atoms in total. The summed E-state index contributed by atoms with van der Waals surface area (Å²) in [5.74, 6) is -0.0759. The zero-order valence-corrected chi connectivity index (χ0v) is 16.9. The fourth-order valence-corrected chi connectivity index (χ4v) is 4.54. The normalized spacial score (nSPS) is 11.3. The van der Waals surface area contributed by atoms with Crippen molar-refractivity contribution in [2.75, 3.05) is 0 Å². The minimum atomic E-state index is -0.497. The first-order valence-electron chi connectivity index (χ1n) is 9.03. The molecule has 0 saturated heterocycles. The number of benzene rings is 3. The second kappa shape index (κ2) is 7.16. The molecule has 30 heavy (non-hydrogen) atoms. The summed E-state index contributed by atoms with van der Waals surface area (Å²) in [7, 11) is 0. The Morgan fingerprint density at radius 3 is 2.33 bits per heavy atom. The highest BCUT2D eigenvalue weighted by Crippen LogP contribution is 2.27. The Morgan fingerprint density at radius 2 is 1.60 bits per heavy atom. The Hall–Kier alpha value is -3.35. The lowest BCUT2D eigenvalue weighted by atomic mass is 10.1. The molecule has 3 aromatic carbocycles. The van der Waals surface area contributed by atoms with Gasteiger partial charge in [-0.3, -0.25) is 14.2 Å². The third kappa shape index (κ3) is 3.01. The van der Waals surface area contributed by atoms with Crippen molar-refractivity contribution in [2.45, 2.75) is 0 Å². The zero-order chi connectivity index (χ0) is 20.8. The summed E-state index contributed by atoms with van der Waals surface area (Å²) in [5.41, 5.74) is 0.202. The summed E-state index contributed by atoms with van der Waals surface area (Å²) in [5, 5.41) is 1.03. The second-order valence-corrected chi connectivity index (χ2v) is 8.13. The highest BCUT2D eigenvalue weighted by Gasteiger charge is 2.18. The Bertz CT molecular complexity index is 1540. The lowest BCUT2D eigenvalue weighted by molar-refractivity contribution is 0.627. The molecule has 0 fully saturated rings. The van der Waals surface area contributed by atoms with Crippen LogP contribution in [-0.4, -0.2) is 9.55 Å². The average molecular weight is 435 g/mol. The van der Waals surface area contributed by atoms with E-state index in [0.29, 0.717) is 32.3 Å². The molecule has 2 heterocycles. The maximum absolute atomic E-state index is 13.5. The largest absolute Gasteiger partial charge is 0.288 e. The topological polar surface area (TPSA) is 52.0 Å². The van der Waals surface area contributed by atoms with E-state index < -0.39 is 11.4 Å². The molecule has 2 aromatic heterocycles. The molecule has 0 radical (unpaired) electrons. The van der Waals surface area contributed by atoms with Crippen LogP contribution in [0, 0.1) is 5.82 Å². The highest BCUT2D eigenvalue weighted by atomic mass is 35.5. The molecule has 0 spiro atoms. The third-order valence-corrected chi connectivity index (χ3v) is 6.12. The molecule has 0 amide bonds. The molecule has 0 aliphatic heterocycles. The van der Waals surface area contributed by atoms with Gasteiger partial charge >= 0.3 is 0 Å². The second-order valence-electron chi connectivity index (χ2n) is 6.67. The van der Waals surface area contributed by atoms with Crippen molar-refractivity contribution < 1.29 is 4.39 Å². The van der Waals surface area contributed by atoms with Crippen LogP contribution < -0.4 is 11.0 Å².